The zero-order chi connectivity index (χ0) is 7.70. The SMILES string of the molecule is CC(C)=O.CCCC[NH3+]. The van der Waals surface area contributed by atoms with E-state index in [0.717, 1.165) is 6.54 Å². The monoisotopic (exact) mass is 132 g/mol. The van der Waals surface area contributed by atoms with Crippen molar-refractivity contribution in [3.63, 3.8) is 0 Å². The molecule has 0 unspecified atom stereocenters. The van der Waals surface area contributed by atoms with Gasteiger partial charge in [-0.05, 0) is 20.3 Å². The molecular weight excluding hydrogens is 114 g/mol. The topological polar surface area (TPSA) is 44.7 Å². The molecule has 0 aliphatic heterocycles. The summed E-state index contributed by atoms with van der Waals surface area (Å²) in [5, 5.41) is 0. The predicted octanol–water partition coefficient (Wildman–Crippen LogP) is 0.624. The lowest BCUT2D eigenvalue weighted by molar-refractivity contribution is -0.368. The van der Waals surface area contributed by atoms with Crippen molar-refractivity contribution in [1.29, 1.82) is 0 Å². The largest absolute Gasteiger partial charge is 0.358 e. The molecule has 2 heteroatoms. The molecule has 3 N–H and O–H groups in total. The Bertz CT molecular complexity index is 55.9. The molecule has 0 saturated heterocycles. The molecule has 0 aromatic heterocycles. The first kappa shape index (κ1) is 11.4. The molecule has 0 aliphatic carbocycles. The van der Waals surface area contributed by atoms with Gasteiger partial charge in [-0.15, -0.1) is 0 Å². The minimum Gasteiger partial charge on any atom is -0.358 e. The van der Waals surface area contributed by atoms with E-state index in [9.17, 15) is 4.79 Å². The van der Waals surface area contributed by atoms with Crippen LogP contribution in [0.15, 0.2) is 0 Å². The summed E-state index contributed by atoms with van der Waals surface area (Å²) >= 11 is 0. The van der Waals surface area contributed by atoms with Gasteiger partial charge in [0.15, 0.2) is 0 Å². The van der Waals surface area contributed by atoms with Crippen molar-refractivity contribution in [3.8, 4) is 0 Å². The van der Waals surface area contributed by atoms with Crippen molar-refractivity contribution in [2.75, 3.05) is 6.54 Å². The minimum absolute atomic E-state index is 0.167. The molecule has 0 heterocycles. The van der Waals surface area contributed by atoms with Crippen molar-refractivity contribution >= 4 is 5.78 Å². The van der Waals surface area contributed by atoms with E-state index in [4.69, 9.17) is 0 Å². The number of Topliss-reactive ketones (excluding diaryl/α,β-unsaturated/α-hetero) is 1. The number of hydrogen-bond donors (Lipinski definition) is 1. The Kier molecular flexibility index (Phi) is 13.4. The first-order valence-electron chi connectivity index (χ1n) is 3.41. The van der Waals surface area contributed by atoms with Gasteiger partial charge in [0.05, 0.1) is 6.54 Å². The zero-order valence-corrected chi connectivity index (χ0v) is 6.74. The van der Waals surface area contributed by atoms with Crippen LogP contribution in [-0.4, -0.2) is 12.3 Å². The second-order valence-corrected chi connectivity index (χ2v) is 2.12. The van der Waals surface area contributed by atoms with Crippen LogP contribution in [0.1, 0.15) is 33.6 Å². The zero-order valence-electron chi connectivity index (χ0n) is 6.74. The molecule has 0 aromatic carbocycles. The Balaban J connectivity index is 0. The van der Waals surface area contributed by atoms with Crippen LogP contribution in [0.25, 0.3) is 0 Å². The van der Waals surface area contributed by atoms with Gasteiger partial charge in [0.25, 0.3) is 0 Å². The molecule has 0 aromatic rings. The fraction of sp³-hybridized carbons (Fsp3) is 0.857. The molecule has 0 spiro atoms. The van der Waals surface area contributed by atoms with E-state index in [2.05, 4.69) is 12.7 Å². The summed E-state index contributed by atoms with van der Waals surface area (Å²) in [5.41, 5.74) is 3.68. The van der Waals surface area contributed by atoms with Crippen LogP contribution in [0.5, 0.6) is 0 Å². The third-order valence-corrected chi connectivity index (χ3v) is 0.604. The summed E-state index contributed by atoms with van der Waals surface area (Å²) in [6.07, 6.45) is 2.56. The van der Waals surface area contributed by atoms with Gasteiger partial charge < -0.3 is 10.5 Å². The summed E-state index contributed by atoms with van der Waals surface area (Å²) in [6, 6.07) is 0. The van der Waals surface area contributed by atoms with Crippen molar-refractivity contribution in [3.05, 3.63) is 0 Å². The number of carbonyl (C=O) groups is 1. The van der Waals surface area contributed by atoms with Crippen LogP contribution in [-0.2, 0) is 4.79 Å². The van der Waals surface area contributed by atoms with E-state index in [-0.39, 0.29) is 5.78 Å². The first-order valence-corrected chi connectivity index (χ1v) is 3.41. The molecule has 0 aliphatic rings. The third-order valence-electron chi connectivity index (χ3n) is 0.604. The quantitative estimate of drug-likeness (QED) is 0.588. The molecule has 56 valence electrons. The number of hydrogen-bond acceptors (Lipinski definition) is 1. The van der Waals surface area contributed by atoms with E-state index in [1.54, 1.807) is 0 Å². The Morgan fingerprint density at radius 1 is 1.44 bits per heavy atom. The van der Waals surface area contributed by atoms with Crippen molar-refractivity contribution in [1.82, 2.24) is 0 Å². The van der Waals surface area contributed by atoms with Gasteiger partial charge in [0, 0.05) is 0 Å². The number of unbranched alkanes of at least 4 members (excludes halogenated alkanes) is 1. The molecule has 0 bridgehead atoms. The molecule has 0 rings (SSSR count). The van der Waals surface area contributed by atoms with Gasteiger partial charge in [0.2, 0.25) is 0 Å². The summed E-state index contributed by atoms with van der Waals surface area (Å²) < 4.78 is 0. The number of rotatable bonds is 2. The number of ketones is 1. The van der Waals surface area contributed by atoms with Crippen molar-refractivity contribution < 1.29 is 10.5 Å². The van der Waals surface area contributed by atoms with E-state index >= 15 is 0 Å². The second kappa shape index (κ2) is 10.6. The highest BCUT2D eigenvalue weighted by Crippen LogP contribution is 1.75. The van der Waals surface area contributed by atoms with Crippen molar-refractivity contribution in [2.45, 2.75) is 33.6 Å². The average Bonchev–Trinajstić information content (AvgIpc) is 1.66. The molecule has 0 radical (unpaired) electrons. The summed E-state index contributed by atoms with van der Waals surface area (Å²) in [5.74, 6) is 0.167. The summed E-state index contributed by atoms with van der Waals surface area (Å²) in [4.78, 5) is 9.44. The molecule has 0 atom stereocenters. The minimum atomic E-state index is 0.167. The van der Waals surface area contributed by atoms with Crippen LogP contribution in [0.2, 0.25) is 0 Å². The van der Waals surface area contributed by atoms with E-state index in [0.29, 0.717) is 0 Å². The van der Waals surface area contributed by atoms with Crippen molar-refractivity contribution in [2.24, 2.45) is 0 Å². The predicted molar refractivity (Wildman–Crippen MR) is 39.0 cm³/mol. The van der Waals surface area contributed by atoms with Crippen LogP contribution < -0.4 is 5.73 Å². The fourth-order valence-corrected chi connectivity index (χ4v) is 0.250. The van der Waals surface area contributed by atoms with Crippen LogP contribution in [0, 0.1) is 0 Å². The maximum Gasteiger partial charge on any atom is 0.126 e. The van der Waals surface area contributed by atoms with Gasteiger partial charge in [-0.2, -0.15) is 0 Å². The Morgan fingerprint density at radius 2 is 1.78 bits per heavy atom. The Morgan fingerprint density at radius 3 is 1.78 bits per heavy atom. The average molecular weight is 132 g/mol. The Labute approximate surface area is 57.4 Å². The lowest BCUT2D eigenvalue weighted by Gasteiger charge is -1.77. The second-order valence-electron chi connectivity index (χ2n) is 2.12. The number of quaternary nitrogens is 1. The molecule has 9 heavy (non-hydrogen) atoms. The lowest BCUT2D eigenvalue weighted by Crippen LogP contribution is -2.49. The van der Waals surface area contributed by atoms with Crippen LogP contribution >= 0.6 is 0 Å². The van der Waals surface area contributed by atoms with Gasteiger partial charge in [-0.25, -0.2) is 0 Å². The molecular formula is C7H18NO+. The van der Waals surface area contributed by atoms with E-state index in [1.807, 2.05) is 0 Å². The first-order chi connectivity index (χ1) is 4.15. The third kappa shape index (κ3) is 91.0. The van der Waals surface area contributed by atoms with Crippen LogP contribution in [0.3, 0.4) is 0 Å². The molecule has 2 nitrogen and oxygen atoms in total. The number of carbonyl (C=O) groups excluding carboxylic acids is 1. The van der Waals surface area contributed by atoms with Gasteiger partial charge in [-0.1, -0.05) is 13.3 Å². The normalized spacial score (nSPS) is 7.56. The lowest BCUT2D eigenvalue weighted by atomic mass is 10.3. The van der Waals surface area contributed by atoms with Gasteiger partial charge >= 0.3 is 0 Å². The maximum atomic E-state index is 9.44. The van der Waals surface area contributed by atoms with Crippen LogP contribution in [0.4, 0.5) is 0 Å². The smallest absolute Gasteiger partial charge is 0.126 e. The summed E-state index contributed by atoms with van der Waals surface area (Å²) in [7, 11) is 0. The highest BCUT2D eigenvalue weighted by molar-refractivity contribution is 5.72. The molecule has 0 fully saturated rings. The maximum absolute atomic E-state index is 9.44. The standard InChI is InChI=1S/C4H11N.C3H6O/c1-2-3-4-5;1-3(2)4/h2-5H2,1H3;1-2H3/p+1. The van der Waals surface area contributed by atoms with Gasteiger partial charge in [-0.3, -0.25) is 0 Å². The highest BCUT2D eigenvalue weighted by atomic mass is 16.1. The Hall–Kier alpha value is -0.370. The molecule has 0 saturated carbocycles. The van der Waals surface area contributed by atoms with E-state index < -0.39 is 0 Å². The summed E-state index contributed by atoms with van der Waals surface area (Å²) in [6.45, 7) is 6.32. The highest BCUT2D eigenvalue weighted by Gasteiger charge is 1.71. The fourth-order valence-electron chi connectivity index (χ4n) is 0.250. The van der Waals surface area contributed by atoms with E-state index in [1.165, 1.54) is 26.7 Å². The molecule has 0 amide bonds. The van der Waals surface area contributed by atoms with Gasteiger partial charge in [0.1, 0.15) is 5.78 Å².